The van der Waals surface area contributed by atoms with Gasteiger partial charge in [0.1, 0.15) is 0 Å². The third kappa shape index (κ3) is 147. The Kier molecular flexibility index (Phi) is 11.8. The van der Waals surface area contributed by atoms with Crippen LogP contribution in [0.25, 0.3) is 0 Å². The molecule has 0 amide bonds. The average molecular weight is 247 g/mol. The van der Waals surface area contributed by atoms with E-state index in [1.54, 1.807) is 0 Å². The zero-order chi connectivity index (χ0) is 4.50. The van der Waals surface area contributed by atoms with Crippen LogP contribution in [0.4, 0.5) is 0 Å². The van der Waals surface area contributed by atoms with E-state index in [1.165, 1.54) is 0 Å². The van der Waals surface area contributed by atoms with Gasteiger partial charge in [0.25, 0.3) is 0 Å². The van der Waals surface area contributed by atoms with Crippen molar-refractivity contribution in [2.24, 2.45) is 0 Å². The van der Waals surface area contributed by atoms with E-state index in [9.17, 15) is 0 Å². The first kappa shape index (κ1) is 15.7. The third-order valence-electron chi connectivity index (χ3n) is 0. The van der Waals surface area contributed by atoms with Gasteiger partial charge in [0.05, 0.1) is 0 Å². The molecule has 1 radical (unpaired) electrons. The van der Waals surface area contributed by atoms with Crippen molar-refractivity contribution < 1.29 is 57.0 Å². The predicted octanol–water partition coefficient (Wildman–Crippen LogP) is -0.658. The molecule has 45 valence electrons. The fourth-order valence-corrected chi connectivity index (χ4v) is 0. The Balaban J connectivity index is -0.0000000800. The maximum atomic E-state index is 8.74. The Hall–Kier alpha value is 1.13. The van der Waals surface area contributed by atoms with Gasteiger partial charge in [-0.1, -0.05) is 0 Å². The number of hydrogen-bond acceptors (Lipinski definition) is 2. The van der Waals surface area contributed by atoms with Crippen molar-refractivity contribution >= 4 is 10.4 Å². The van der Waals surface area contributed by atoms with Crippen molar-refractivity contribution in [1.29, 1.82) is 0 Å². The van der Waals surface area contributed by atoms with Crippen LogP contribution in [0.15, 0.2) is 0 Å². The maximum Gasteiger partial charge on any atom is 0.394 e. The summed E-state index contributed by atoms with van der Waals surface area (Å²) in [4.78, 5) is 0. The molecule has 0 aliphatic rings. The molecule has 0 saturated heterocycles. The van der Waals surface area contributed by atoms with Crippen LogP contribution in [0, 0.1) is 0 Å². The summed E-state index contributed by atoms with van der Waals surface area (Å²) in [6.07, 6.45) is 0. The van der Waals surface area contributed by atoms with Gasteiger partial charge in [-0.25, -0.2) is 0 Å². The molecule has 4 nitrogen and oxygen atoms in total. The van der Waals surface area contributed by atoms with Crippen molar-refractivity contribution in [2.75, 3.05) is 0 Å². The first-order chi connectivity index (χ1) is 2.00. The summed E-state index contributed by atoms with van der Waals surface area (Å²) in [5.41, 5.74) is 0. The van der Waals surface area contributed by atoms with Crippen molar-refractivity contribution in [3.05, 3.63) is 0 Å². The van der Waals surface area contributed by atoms with Crippen LogP contribution in [0.3, 0.4) is 0 Å². The Labute approximate surface area is 67.2 Å². The Morgan fingerprint density at radius 1 is 1.14 bits per heavy atom. The van der Waals surface area contributed by atoms with Gasteiger partial charge in [-0.2, -0.15) is 8.42 Å². The zero-order valence-corrected chi connectivity index (χ0v) is 7.04. The smallest absolute Gasteiger partial charge is 0.264 e. The Morgan fingerprint density at radius 2 is 1.14 bits per heavy atom. The van der Waals surface area contributed by atoms with Gasteiger partial charge in [0, 0.05) is 39.4 Å². The van der Waals surface area contributed by atoms with Crippen LogP contribution in [0.5, 0.6) is 0 Å². The topological polar surface area (TPSA) is 74.6 Å². The predicted molar refractivity (Wildman–Crippen MR) is 14.2 cm³/mol. The largest absolute Gasteiger partial charge is 0.394 e. The fraction of sp³-hybridized carbons (Fsp3) is 0. The molecule has 0 aliphatic heterocycles. The van der Waals surface area contributed by atoms with Gasteiger partial charge < -0.3 is 0 Å². The molecule has 0 aromatic carbocycles. The second-order valence-corrected chi connectivity index (χ2v) is 1.34. The molecule has 0 aromatic rings. The SMILES string of the molecule is O=S(=O)(O)O.[Fe].[Nb]. The van der Waals surface area contributed by atoms with Crippen molar-refractivity contribution in [3.8, 4) is 0 Å². The molecule has 0 bridgehead atoms. The standard InChI is InChI=1S/Fe.Nb.H2O4S/c;;1-5(2,3)4/h;;(H2,1,2,3,4). The van der Waals surface area contributed by atoms with Crippen molar-refractivity contribution in [2.45, 2.75) is 0 Å². The zero-order valence-electron chi connectivity index (χ0n) is 2.92. The molecule has 7 heavy (non-hydrogen) atoms. The molecule has 2 N–H and O–H groups in total. The summed E-state index contributed by atoms with van der Waals surface area (Å²) in [6.45, 7) is 0. The van der Waals surface area contributed by atoms with Crippen LogP contribution in [0.2, 0.25) is 0 Å². The molecular weight excluding hydrogens is 245 g/mol. The van der Waals surface area contributed by atoms with Crippen LogP contribution in [0.1, 0.15) is 0 Å². The molecule has 7 heteroatoms. The van der Waals surface area contributed by atoms with Crippen molar-refractivity contribution in [3.63, 3.8) is 0 Å². The minimum atomic E-state index is -4.67. The summed E-state index contributed by atoms with van der Waals surface area (Å²) >= 11 is 0. The fourth-order valence-electron chi connectivity index (χ4n) is 0. The van der Waals surface area contributed by atoms with Gasteiger partial charge >= 0.3 is 10.4 Å². The van der Waals surface area contributed by atoms with E-state index in [0.717, 1.165) is 0 Å². The first-order valence-corrected chi connectivity index (χ1v) is 2.10. The molecule has 0 aliphatic carbocycles. The summed E-state index contributed by atoms with van der Waals surface area (Å²) in [7, 11) is -4.67. The first-order valence-electron chi connectivity index (χ1n) is 0.698. The van der Waals surface area contributed by atoms with Gasteiger partial charge in [-0.05, 0) is 0 Å². The Bertz CT molecular complexity index is 94.9. The Morgan fingerprint density at radius 3 is 1.14 bits per heavy atom. The van der Waals surface area contributed by atoms with Crippen LogP contribution >= 0.6 is 0 Å². The van der Waals surface area contributed by atoms with Gasteiger partial charge in [-0.3, -0.25) is 9.11 Å². The summed E-state index contributed by atoms with van der Waals surface area (Å²) in [6, 6.07) is 0. The monoisotopic (exact) mass is 247 g/mol. The third-order valence-corrected chi connectivity index (χ3v) is 0. The molecule has 0 spiro atoms. The average Bonchev–Trinajstić information content (AvgIpc) is 0.722. The molecular formula is H2FeNbO4S. The van der Waals surface area contributed by atoms with Crippen LogP contribution < -0.4 is 0 Å². The van der Waals surface area contributed by atoms with Gasteiger partial charge in [-0.15, -0.1) is 0 Å². The molecule has 0 heterocycles. The van der Waals surface area contributed by atoms with E-state index in [2.05, 4.69) is 0 Å². The molecule has 0 fully saturated rings. The normalized spacial score (nSPS) is 8.29. The van der Waals surface area contributed by atoms with E-state index in [0.29, 0.717) is 0 Å². The van der Waals surface area contributed by atoms with E-state index >= 15 is 0 Å². The van der Waals surface area contributed by atoms with E-state index in [-0.39, 0.29) is 39.4 Å². The minimum absolute atomic E-state index is 0. The quantitative estimate of drug-likeness (QED) is 0.440. The second-order valence-electron chi connectivity index (χ2n) is 0.448. The maximum absolute atomic E-state index is 8.74. The van der Waals surface area contributed by atoms with Crippen molar-refractivity contribution in [1.82, 2.24) is 0 Å². The van der Waals surface area contributed by atoms with E-state index in [1.807, 2.05) is 0 Å². The van der Waals surface area contributed by atoms with E-state index < -0.39 is 10.4 Å². The number of hydrogen-bond donors (Lipinski definition) is 2. The van der Waals surface area contributed by atoms with Crippen LogP contribution in [-0.4, -0.2) is 17.5 Å². The summed E-state index contributed by atoms with van der Waals surface area (Å²) in [5, 5.41) is 0. The molecule has 0 rings (SSSR count). The molecule has 0 unspecified atom stereocenters. The van der Waals surface area contributed by atoms with Crippen LogP contribution in [-0.2, 0) is 49.8 Å². The minimum Gasteiger partial charge on any atom is -0.264 e. The molecule has 0 atom stereocenters. The van der Waals surface area contributed by atoms with E-state index in [4.69, 9.17) is 17.5 Å². The molecule has 0 saturated carbocycles. The summed E-state index contributed by atoms with van der Waals surface area (Å²) in [5.74, 6) is 0. The molecule has 0 aromatic heterocycles. The number of rotatable bonds is 0. The van der Waals surface area contributed by atoms with Gasteiger partial charge in [0.2, 0.25) is 0 Å². The second kappa shape index (κ2) is 5.27. The van der Waals surface area contributed by atoms with Gasteiger partial charge in [0.15, 0.2) is 0 Å². The summed E-state index contributed by atoms with van der Waals surface area (Å²) < 4.78 is 31.6.